The molecule has 1 atom stereocenters. The molecule has 0 aromatic heterocycles. The third kappa shape index (κ3) is 4.52. The molecule has 0 saturated carbocycles. The van der Waals surface area contributed by atoms with Crippen LogP contribution in [0.2, 0.25) is 0 Å². The van der Waals surface area contributed by atoms with E-state index >= 15 is 0 Å². The summed E-state index contributed by atoms with van der Waals surface area (Å²) in [6.45, 7) is 6.06. The van der Waals surface area contributed by atoms with Crippen LogP contribution in [-0.2, 0) is 9.53 Å². The second-order valence-electron chi connectivity index (χ2n) is 4.02. The summed E-state index contributed by atoms with van der Waals surface area (Å²) in [5.41, 5.74) is 7.44. The van der Waals surface area contributed by atoms with E-state index in [4.69, 9.17) is 15.4 Å². The summed E-state index contributed by atoms with van der Waals surface area (Å²) in [5, 5.41) is 12.1. The standard InChI is InChI=1S/C8H14N4O4/c1-5(6(13)14)12(11-10-9)7(15)16-8(2,3)4/h5H,1-4H3,(H,13,14)/t5-/m1/s1. The SMILES string of the molecule is C[C@H](C(=O)O)N(N=[N+]=[N-])C(=O)OC(C)(C)C. The van der Waals surface area contributed by atoms with E-state index in [1.807, 2.05) is 0 Å². The minimum Gasteiger partial charge on any atom is -0.478 e. The molecule has 0 rings (SSSR count). The minimum absolute atomic E-state index is 0.438. The zero-order valence-electron chi connectivity index (χ0n) is 9.54. The molecule has 0 aliphatic heterocycles. The molecule has 8 heteroatoms. The van der Waals surface area contributed by atoms with Crippen molar-refractivity contribution in [3.05, 3.63) is 10.4 Å². The molecule has 0 radical (unpaired) electrons. The number of hydrogen-bond acceptors (Lipinski definition) is 4. The topological polar surface area (TPSA) is 116 Å². The molecule has 0 saturated heterocycles. The number of aliphatic carboxylic acids is 1. The molecule has 0 aliphatic carbocycles. The zero-order chi connectivity index (χ0) is 12.9. The van der Waals surface area contributed by atoms with Crippen LogP contribution in [0, 0.1) is 0 Å². The number of amides is 1. The lowest BCUT2D eigenvalue weighted by atomic mass is 10.2. The first-order valence-electron chi connectivity index (χ1n) is 4.49. The Morgan fingerprint density at radius 3 is 2.31 bits per heavy atom. The molecule has 0 unspecified atom stereocenters. The third-order valence-electron chi connectivity index (χ3n) is 1.44. The van der Waals surface area contributed by atoms with Crippen LogP contribution in [0.3, 0.4) is 0 Å². The average Bonchev–Trinajstić information content (AvgIpc) is 2.09. The molecule has 0 aliphatic rings. The molecule has 0 aromatic carbocycles. The molecule has 1 amide bonds. The van der Waals surface area contributed by atoms with Gasteiger partial charge in [0.25, 0.3) is 0 Å². The average molecular weight is 230 g/mol. The van der Waals surface area contributed by atoms with Crippen LogP contribution < -0.4 is 0 Å². The van der Waals surface area contributed by atoms with Gasteiger partial charge in [0, 0.05) is 0 Å². The Morgan fingerprint density at radius 2 is 2.00 bits per heavy atom. The number of carboxylic acids is 1. The van der Waals surface area contributed by atoms with E-state index in [0.717, 1.165) is 0 Å². The highest BCUT2D eigenvalue weighted by atomic mass is 16.6. The molecule has 1 N–H and O–H groups in total. The van der Waals surface area contributed by atoms with Gasteiger partial charge in [0.15, 0.2) is 0 Å². The number of azide groups is 1. The highest BCUT2D eigenvalue weighted by Gasteiger charge is 2.33. The summed E-state index contributed by atoms with van der Waals surface area (Å²) in [5.74, 6) is -1.29. The van der Waals surface area contributed by atoms with Gasteiger partial charge >= 0.3 is 12.1 Å². The van der Waals surface area contributed by atoms with Crippen molar-refractivity contribution in [2.45, 2.75) is 39.3 Å². The van der Waals surface area contributed by atoms with Gasteiger partial charge < -0.3 is 9.84 Å². The van der Waals surface area contributed by atoms with Gasteiger partial charge in [-0.3, -0.25) is 0 Å². The van der Waals surface area contributed by atoms with Crippen LogP contribution in [0.1, 0.15) is 27.7 Å². The van der Waals surface area contributed by atoms with Crippen molar-refractivity contribution in [1.29, 1.82) is 0 Å². The Kier molecular flexibility index (Phi) is 4.59. The van der Waals surface area contributed by atoms with Crippen molar-refractivity contribution >= 4 is 12.1 Å². The van der Waals surface area contributed by atoms with E-state index in [1.165, 1.54) is 6.92 Å². The molecule has 0 fully saturated rings. The molecule has 0 aromatic rings. The van der Waals surface area contributed by atoms with E-state index < -0.39 is 23.7 Å². The fourth-order valence-electron chi connectivity index (χ4n) is 0.728. The van der Waals surface area contributed by atoms with Gasteiger partial charge in [-0.1, -0.05) is 0 Å². The first kappa shape index (κ1) is 14.1. The summed E-state index contributed by atoms with van der Waals surface area (Å²) >= 11 is 0. The normalized spacial score (nSPS) is 12.2. The van der Waals surface area contributed by atoms with Crippen molar-refractivity contribution in [3.63, 3.8) is 0 Å². The number of nitrogens with zero attached hydrogens (tertiary/aromatic N) is 4. The van der Waals surface area contributed by atoms with Crippen LogP contribution in [0.5, 0.6) is 0 Å². The third-order valence-corrected chi connectivity index (χ3v) is 1.44. The zero-order valence-corrected chi connectivity index (χ0v) is 9.54. The van der Waals surface area contributed by atoms with Crippen LogP contribution in [0.15, 0.2) is 5.22 Å². The second kappa shape index (κ2) is 5.22. The molecular weight excluding hydrogens is 216 g/mol. The lowest BCUT2D eigenvalue weighted by molar-refractivity contribution is -0.142. The van der Waals surface area contributed by atoms with E-state index in [2.05, 4.69) is 10.1 Å². The second-order valence-corrected chi connectivity index (χ2v) is 4.02. The lowest BCUT2D eigenvalue weighted by Crippen LogP contribution is -2.42. The summed E-state index contributed by atoms with van der Waals surface area (Å²) in [4.78, 5) is 24.5. The van der Waals surface area contributed by atoms with Gasteiger partial charge in [0.1, 0.15) is 5.60 Å². The van der Waals surface area contributed by atoms with Gasteiger partial charge in [-0.25, -0.2) is 4.79 Å². The van der Waals surface area contributed by atoms with Crippen molar-refractivity contribution in [2.24, 2.45) is 5.22 Å². The summed E-state index contributed by atoms with van der Waals surface area (Å²) in [7, 11) is 0. The van der Waals surface area contributed by atoms with Crippen molar-refractivity contribution < 1.29 is 19.4 Å². The summed E-state index contributed by atoms with van der Waals surface area (Å²) in [6, 6.07) is -1.29. The molecular formula is C8H14N4O4. The number of ether oxygens (including phenoxy) is 1. The Hall–Kier alpha value is -1.95. The predicted octanol–water partition coefficient (Wildman–Crippen LogP) is 1.92. The van der Waals surface area contributed by atoms with Crippen molar-refractivity contribution in [3.8, 4) is 0 Å². The highest BCUT2D eigenvalue weighted by Crippen LogP contribution is 2.12. The number of rotatable bonds is 3. The predicted molar refractivity (Wildman–Crippen MR) is 54.3 cm³/mol. The van der Waals surface area contributed by atoms with Gasteiger partial charge in [-0.2, -0.15) is 9.71 Å². The molecule has 8 nitrogen and oxygen atoms in total. The Bertz CT molecular complexity index is 329. The van der Waals surface area contributed by atoms with Crippen LogP contribution in [-0.4, -0.2) is 33.8 Å². The molecule has 90 valence electrons. The van der Waals surface area contributed by atoms with Gasteiger partial charge in [-0.15, -0.1) is 10.5 Å². The largest absolute Gasteiger partial charge is 0.511 e. The highest BCUT2D eigenvalue weighted by molar-refractivity contribution is 5.79. The maximum Gasteiger partial charge on any atom is 0.511 e. The Balaban J connectivity index is 4.86. The molecule has 0 spiro atoms. The van der Waals surface area contributed by atoms with Gasteiger partial charge in [-0.05, 0) is 32.9 Å². The van der Waals surface area contributed by atoms with Crippen LogP contribution in [0.4, 0.5) is 4.79 Å². The first-order chi connectivity index (χ1) is 7.19. The fourth-order valence-corrected chi connectivity index (χ4v) is 0.728. The summed E-state index contributed by atoms with van der Waals surface area (Å²) in [6.07, 6.45) is -1.000. The van der Waals surface area contributed by atoms with Gasteiger partial charge in [0.2, 0.25) is 6.04 Å². The monoisotopic (exact) mass is 230 g/mol. The van der Waals surface area contributed by atoms with E-state index in [1.54, 1.807) is 20.8 Å². The molecule has 0 bridgehead atoms. The first-order valence-corrected chi connectivity index (χ1v) is 4.49. The minimum atomic E-state index is -1.29. The summed E-state index contributed by atoms with van der Waals surface area (Å²) < 4.78 is 4.88. The van der Waals surface area contributed by atoms with E-state index in [9.17, 15) is 9.59 Å². The number of carbonyl (C=O) groups excluding carboxylic acids is 1. The smallest absolute Gasteiger partial charge is 0.478 e. The maximum absolute atomic E-state index is 11.5. The van der Waals surface area contributed by atoms with Crippen LogP contribution >= 0.6 is 0 Å². The van der Waals surface area contributed by atoms with E-state index in [0.29, 0.717) is 5.01 Å². The number of hydrogen-bond donors (Lipinski definition) is 1. The molecule has 16 heavy (non-hydrogen) atoms. The van der Waals surface area contributed by atoms with Crippen molar-refractivity contribution in [2.75, 3.05) is 0 Å². The van der Waals surface area contributed by atoms with Crippen LogP contribution in [0.25, 0.3) is 10.4 Å². The number of carboxylic acid groups (broad SMARTS) is 1. The fraction of sp³-hybridized carbons (Fsp3) is 0.750. The lowest BCUT2D eigenvalue weighted by Gasteiger charge is -2.22. The van der Waals surface area contributed by atoms with E-state index in [-0.39, 0.29) is 0 Å². The Morgan fingerprint density at radius 1 is 1.50 bits per heavy atom. The van der Waals surface area contributed by atoms with Crippen molar-refractivity contribution in [1.82, 2.24) is 5.01 Å². The maximum atomic E-state index is 11.5. The van der Waals surface area contributed by atoms with Gasteiger partial charge in [0.05, 0.1) is 0 Å². The molecule has 0 heterocycles. The number of carbonyl (C=O) groups is 2. The Labute approximate surface area is 92.4 Å². The quantitative estimate of drug-likeness (QED) is 0.345.